The molecule has 7 heteroatoms. The van der Waals surface area contributed by atoms with Crippen molar-refractivity contribution >= 4 is 39.2 Å². The van der Waals surface area contributed by atoms with E-state index >= 15 is 0 Å². The van der Waals surface area contributed by atoms with Crippen LogP contribution in [-0.2, 0) is 9.47 Å². The molecule has 0 aromatic heterocycles. The third-order valence-corrected chi connectivity index (χ3v) is 6.38. The summed E-state index contributed by atoms with van der Waals surface area (Å²) in [5.74, 6) is 10.1. The summed E-state index contributed by atoms with van der Waals surface area (Å²) in [5.41, 5.74) is 2.69. The van der Waals surface area contributed by atoms with E-state index in [0.29, 0.717) is 11.1 Å². The van der Waals surface area contributed by atoms with E-state index in [4.69, 9.17) is 9.47 Å². The van der Waals surface area contributed by atoms with E-state index in [9.17, 15) is 9.59 Å². The first-order valence-corrected chi connectivity index (χ1v) is 14.6. The topological polar surface area (TPSA) is 59.1 Å². The van der Waals surface area contributed by atoms with Gasteiger partial charge in [0.05, 0.1) is 11.1 Å². The van der Waals surface area contributed by atoms with Crippen molar-refractivity contribution in [3.05, 3.63) is 82.9 Å². The fraction of sp³-hybridized carbons (Fsp3) is 0.353. The highest BCUT2D eigenvalue weighted by molar-refractivity contribution is 9.11. The minimum Gasteiger partial charge on any atom is -0.457 e. The number of esters is 2. The van der Waals surface area contributed by atoms with Gasteiger partial charge in [0.25, 0.3) is 0 Å². The summed E-state index contributed by atoms with van der Waals surface area (Å²) in [6.07, 6.45) is 11.8. The second-order valence-corrected chi connectivity index (χ2v) is 10.2. The Morgan fingerprint density at radius 2 is 1.32 bits per heavy atom. The largest absolute Gasteiger partial charge is 0.457 e. The Labute approximate surface area is 253 Å². The number of rotatable bonds is 14. The van der Waals surface area contributed by atoms with Crippen LogP contribution in [0.25, 0.3) is 0 Å². The molecular formula is C34H39BrN2O4. The summed E-state index contributed by atoms with van der Waals surface area (Å²) in [7, 11) is 7.68. The van der Waals surface area contributed by atoms with Gasteiger partial charge < -0.3 is 19.3 Å². The standard InChI is InChI=1S/C34H39BrN2O4/c1-36(2)30-22-18-28(19-23-30)33(38)40-27-32(41-34(39)29-20-24-31(25-21-29)37(3)4)17-15-13-11-9-7-5-6-8-10-12-14-16-26-35/h7,9,16,18-26,32H,5-6,8,10,12,14,27H2,1-4H3/b9-7-,26-16+/t32-/m1/s1. The van der Waals surface area contributed by atoms with Gasteiger partial charge in [0.2, 0.25) is 0 Å². The van der Waals surface area contributed by atoms with Crippen molar-refractivity contribution in [2.24, 2.45) is 0 Å². The fourth-order valence-electron chi connectivity index (χ4n) is 3.61. The molecule has 0 aliphatic heterocycles. The molecule has 0 saturated carbocycles. The minimum absolute atomic E-state index is 0.217. The van der Waals surface area contributed by atoms with E-state index in [1.54, 1.807) is 30.3 Å². The maximum atomic E-state index is 12.8. The van der Waals surface area contributed by atoms with Gasteiger partial charge in [-0.05, 0) is 103 Å². The van der Waals surface area contributed by atoms with Gasteiger partial charge in [-0.25, -0.2) is 9.59 Å². The van der Waals surface area contributed by atoms with Gasteiger partial charge in [-0.3, -0.25) is 0 Å². The molecule has 2 aromatic rings. The molecule has 0 saturated heterocycles. The van der Waals surface area contributed by atoms with Crippen LogP contribution >= 0.6 is 15.9 Å². The fourth-order valence-corrected chi connectivity index (χ4v) is 3.87. The molecule has 0 amide bonds. The Morgan fingerprint density at radius 3 is 1.85 bits per heavy atom. The summed E-state index contributed by atoms with van der Waals surface area (Å²) in [5, 5.41) is 0. The summed E-state index contributed by atoms with van der Waals surface area (Å²) < 4.78 is 11.0. The predicted octanol–water partition coefficient (Wildman–Crippen LogP) is 7.01. The number of unbranched alkanes of at least 4 members (excludes halogenated alkanes) is 5. The Balaban J connectivity index is 1.98. The molecular weight excluding hydrogens is 580 g/mol. The maximum Gasteiger partial charge on any atom is 0.339 e. The Hall–Kier alpha value is -3.94. The van der Waals surface area contributed by atoms with Crippen molar-refractivity contribution in [1.29, 1.82) is 0 Å². The zero-order valence-electron chi connectivity index (χ0n) is 24.4. The van der Waals surface area contributed by atoms with E-state index in [1.807, 2.05) is 73.3 Å². The van der Waals surface area contributed by atoms with Crippen molar-refractivity contribution in [3.8, 4) is 23.7 Å². The summed E-state index contributed by atoms with van der Waals surface area (Å²) >= 11 is 3.28. The number of hydrogen-bond acceptors (Lipinski definition) is 6. The van der Waals surface area contributed by atoms with Crippen molar-refractivity contribution < 1.29 is 19.1 Å². The van der Waals surface area contributed by atoms with E-state index in [-0.39, 0.29) is 6.61 Å². The average Bonchev–Trinajstić information content (AvgIpc) is 2.97. The van der Waals surface area contributed by atoms with Crippen LogP contribution in [0.15, 0.2) is 71.7 Å². The Bertz CT molecular complexity index is 1270. The molecule has 0 aliphatic rings. The van der Waals surface area contributed by atoms with Gasteiger partial charge in [0.1, 0.15) is 6.61 Å². The number of ether oxygens (including phenoxy) is 2. The average molecular weight is 620 g/mol. The molecule has 41 heavy (non-hydrogen) atoms. The molecule has 0 bridgehead atoms. The molecule has 216 valence electrons. The lowest BCUT2D eigenvalue weighted by Gasteiger charge is -2.15. The van der Waals surface area contributed by atoms with Crippen LogP contribution in [0, 0.1) is 23.7 Å². The highest BCUT2D eigenvalue weighted by Crippen LogP contribution is 2.15. The number of hydrogen-bond donors (Lipinski definition) is 0. The van der Waals surface area contributed by atoms with Gasteiger partial charge in [0.15, 0.2) is 6.10 Å². The normalized spacial score (nSPS) is 11.2. The number of carbonyl (C=O) groups excluding carboxylic acids is 2. The molecule has 2 rings (SSSR count). The molecule has 0 fully saturated rings. The van der Waals surface area contributed by atoms with Gasteiger partial charge in [-0.2, -0.15) is 0 Å². The number of benzene rings is 2. The van der Waals surface area contributed by atoms with Gasteiger partial charge in [-0.15, -0.1) is 0 Å². The van der Waals surface area contributed by atoms with Gasteiger partial charge in [0, 0.05) is 39.6 Å². The lowest BCUT2D eigenvalue weighted by molar-refractivity contribution is 0.0134. The third kappa shape index (κ3) is 13.3. The lowest BCUT2D eigenvalue weighted by atomic mass is 10.1. The molecule has 0 N–H and O–H groups in total. The smallest absolute Gasteiger partial charge is 0.339 e. The van der Waals surface area contributed by atoms with Crippen LogP contribution in [0.5, 0.6) is 0 Å². The first kappa shape index (κ1) is 33.3. The van der Waals surface area contributed by atoms with Crippen molar-refractivity contribution in [3.63, 3.8) is 0 Å². The first-order chi connectivity index (χ1) is 19.8. The van der Waals surface area contributed by atoms with Crippen LogP contribution < -0.4 is 9.80 Å². The monoisotopic (exact) mass is 618 g/mol. The molecule has 6 nitrogen and oxygen atoms in total. The molecule has 0 aliphatic carbocycles. The van der Waals surface area contributed by atoms with Crippen LogP contribution in [0.3, 0.4) is 0 Å². The molecule has 1 atom stereocenters. The van der Waals surface area contributed by atoms with Crippen LogP contribution in [0.1, 0.15) is 59.2 Å². The maximum absolute atomic E-state index is 12.8. The summed E-state index contributed by atoms with van der Waals surface area (Å²) in [6, 6.07) is 14.1. The van der Waals surface area contributed by atoms with Crippen LogP contribution in [0.4, 0.5) is 11.4 Å². The van der Waals surface area contributed by atoms with Crippen LogP contribution in [0.2, 0.25) is 0 Å². The van der Waals surface area contributed by atoms with E-state index in [0.717, 1.165) is 30.6 Å². The predicted molar refractivity (Wildman–Crippen MR) is 171 cm³/mol. The summed E-state index contributed by atoms with van der Waals surface area (Å²) in [4.78, 5) is 31.2. The zero-order valence-corrected chi connectivity index (χ0v) is 25.9. The van der Waals surface area contributed by atoms with Crippen LogP contribution in [-0.4, -0.2) is 52.8 Å². The molecule has 0 unspecified atom stereocenters. The number of halogens is 1. The minimum atomic E-state index is -0.973. The van der Waals surface area contributed by atoms with E-state index in [2.05, 4.69) is 45.7 Å². The van der Waals surface area contributed by atoms with Crippen molar-refractivity contribution in [2.75, 3.05) is 44.6 Å². The van der Waals surface area contributed by atoms with E-state index < -0.39 is 18.0 Å². The number of anilines is 2. The SMILES string of the molecule is CN(C)c1ccc(C(=O)OC[C@@H](C#CC#C/C=C\CCCCCC/C=C/Br)OC(=O)c2ccc(N(C)C)cc2)cc1. The number of carbonyl (C=O) groups is 2. The van der Waals surface area contributed by atoms with Crippen molar-refractivity contribution in [1.82, 2.24) is 0 Å². The molecule has 2 aromatic carbocycles. The summed E-state index contributed by atoms with van der Waals surface area (Å²) in [6.45, 7) is -0.217. The van der Waals surface area contributed by atoms with Gasteiger partial charge in [-0.1, -0.05) is 46.8 Å². The molecule has 0 radical (unpaired) electrons. The Morgan fingerprint density at radius 1 is 0.780 bits per heavy atom. The molecule has 0 heterocycles. The number of allylic oxidation sites excluding steroid dienone is 3. The second-order valence-electron chi connectivity index (χ2n) is 9.67. The quantitative estimate of drug-likeness (QED) is 0.129. The van der Waals surface area contributed by atoms with E-state index in [1.165, 1.54) is 19.3 Å². The highest BCUT2D eigenvalue weighted by atomic mass is 79.9. The van der Waals surface area contributed by atoms with Gasteiger partial charge >= 0.3 is 11.9 Å². The number of nitrogens with zero attached hydrogens (tertiary/aromatic N) is 2. The first-order valence-electron chi connectivity index (χ1n) is 13.7. The van der Waals surface area contributed by atoms with Crippen molar-refractivity contribution in [2.45, 2.75) is 44.6 Å². The Kier molecular flexibility index (Phi) is 15.6. The highest BCUT2D eigenvalue weighted by Gasteiger charge is 2.17. The lowest BCUT2D eigenvalue weighted by Crippen LogP contribution is -2.24. The third-order valence-electron chi connectivity index (χ3n) is 6.00. The molecule has 0 spiro atoms. The zero-order chi connectivity index (χ0) is 29.9. The second kappa shape index (κ2) is 19.2.